The van der Waals surface area contributed by atoms with Crippen LogP contribution in [0.1, 0.15) is 60.0 Å². The Morgan fingerprint density at radius 2 is 1.69 bits per heavy atom. The van der Waals surface area contributed by atoms with Crippen molar-refractivity contribution in [3.05, 3.63) is 59.2 Å². The summed E-state index contributed by atoms with van der Waals surface area (Å²) in [6.45, 7) is 6.61. The number of hydrogen-bond donors (Lipinski definition) is 1. The molecule has 5 heterocycles. The molecule has 2 aromatic rings. The van der Waals surface area contributed by atoms with E-state index in [2.05, 4.69) is 51.5 Å². The lowest BCUT2D eigenvalue weighted by atomic mass is 9.73. The fourth-order valence-electron chi connectivity index (χ4n) is 7.44. The molecular weight excluding hydrogens is 492 g/mol. The molecule has 1 atom stereocenters. The quantitative estimate of drug-likeness (QED) is 0.615. The maximum Gasteiger partial charge on any atom is 0.255 e. The van der Waals surface area contributed by atoms with Crippen LogP contribution < -0.4 is 15.0 Å². The monoisotopic (exact) mass is 528 g/mol. The molecule has 0 bridgehead atoms. The lowest BCUT2D eigenvalue weighted by Crippen LogP contribution is -2.52. The van der Waals surface area contributed by atoms with Gasteiger partial charge in [0.2, 0.25) is 11.8 Å². The molecule has 3 fully saturated rings. The van der Waals surface area contributed by atoms with Gasteiger partial charge in [-0.05, 0) is 69.3 Å². The number of benzene rings is 2. The van der Waals surface area contributed by atoms with Gasteiger partial charge in [-0.1, -0.05) is 24.3 Å². The van der Waals surface area contributed by atoms with Crippen LogP contribution in [0, 0.1) is 5.92 Å². The molecule has 7 rings (SSSR count). The predicted molar refractivity (Wildman–Crippen MR) is 147 cm³/mol. The Labute approximate surface area is 229 Å². The number of amides is 3. The van der Waals surface area contributed by atoms with Crippen LogP contribution in [0.15, 0.2) is 42.5 Å². The third-order valence-corrected chi connectivity index (χ3v) is 9.80. The number of para-hydroxylation sites is 1. The van der Waals surface area contributed by atoms with E-state index in [4.69, 9.17) is 4.74 Å². The Balaban J connectivity index is 0.986. The first-order valence-corrected chi connectivity index (χ1v) is 14.5. The van der Waals surface area contributed by atoms with E-state index < -0.39 is 6.04 Å². The summed E-state index contributed by atoms with van der Waals surface area (Å²) < 4.78 is 6.34. The second-order valence-electron chi connectivity index (χ2n) is 12.0. The zero-order valence-electron chi connectivity index (χ0n) is 22.4. The first-order valence-electron chi connectivity index (χ1n) is 14.5. The zero-order chi connectivity index (χ0) is 26.6. The Kier molecular flexibility index (Phi) is 6.10. The van der Waals surface area contributed by atoms with Crippen molar-refractivity contribution in [3.63, 3.8) is 0 Å². The highest BCUT2D eigenvalue weighted by Gasteiger charge is 2.47. The first-order chi connectivity index (χ1) is 19.0. The van der Waals surface area contributed by atoms with Gasteiger partial charge in [0.1, 0.15) is 11.8 Å². The molecule has 0 aromatic heterocycles. The normalized spacial score (nSPS) is 25.0. The van der Waals surface area contributed by atoms with Gasteiger partial charge >= 0.3 is 0 Å². The van der Waals surface area contributed by atoms with Crippen molar-refractivity contribution in [2.45, 2.75) is 56.5 Å². The summed E-state index contributed by atoms with van der Waals surface area (Å²) in [4.78, 5) is 44.1. The second-order valence-corrected chi connectivity index (χ2v) is 12.0. The molecule has 5 aliphatic rings. The number of fused-ring (bicyclic) bond motifs is 4. The van der Waals surface area contributed by atoms with Crippen LogP contribution in [0.25, 0.3) is 0 Å². The fraction of sp³-hybridized carbons (Fsp3) is 0.516. The van der Waals surface area contributed by atoms with Gasteiger partial charge < -0.3 is 19.4 Å². The van der Waals surface area contributed by atoms with Gasteiger partial charge in [0.05, 0.1) is 13.2 Å². The summed E-state index contributed by atoms with van der Waals surface area (Å²) in [6, 6.07) is 14.2. The van der Waals surface area contributed by atoms with Crippen molar-refractivity contribution in [2.75, 3.05) is 44.2 Å². The molecule has 39 heavy (non-hydrogen) atoms. The third-order valence-electron chi connectivity index (χ3n) is 9.80. The zero-order valence-corrected chi connectivity index (χ0v) is 22.4. The summed E-state index contributed by atoms with van der Waals surface area (Å²) in [7, 11) is 0. The SMILES string of the molecule is O=C1CCC(N2Cc3c(ccc4c3OCC43CCN(CC4CCN(c5ccccc5)CC4)CC3)C2=O)C(=O)N1. The molecule has 0 radical (unpaired) electrons. The number of ether oxygens (including phenoxy) is 1. The maximum atomic E-state index is 13.2. The van der Waals surface area contributed by atoms with Crippen LogP contribution in [0.5, 0.6) is 5.75 Å². The summed E-state index contributed by atoms with van der Waals surface area (Å²) >= 11 is 0. The summed E-state index contributed by atoms with van der Waals surface area (Å²) in [5, 5.41) is 2.39. The molecule has 0 aliphatic carbocycles. The van der Waals surface area contributed by atoms with Crippen LogP contribution in [0.2, 0.25) is 0 Å². The molecule has 3 saturated heterocycles. The van der Waals surface area contributed by atoms with Crippen molar-refractivity contribution < 1.29 is 19.1 Å². The minimum Gasteiger partial charge on any atom is -0.492 e. The lowest BCUT2D eigenvalue weighted by molar-refractivity contribution is -0.136. The fourth-order valence-corrected chi connectivity index (χ4v) is 7.44. The third kappa shape index (κ3) is 4.29. The van der Waals surface area contributed by atoms with E-state index in [0.717, 1.165) is 56.3 Å². The van der Waals surface area contributed by atoms with Crippen LogP contribution in [0.4, 0.5) is 5.69 Å². The molecule has 1 N–H and O–H groups in total. The molecule has 1 unspecified atom stereocenters. The topological polar surface area (TPSA) is 82.2 Å². The molecule has 204 valence electrons. The van der Waals surface area contributed by atoms with E-state index in [-0.39, 0.29) is 29.6 Å². The Morgan fingerprint density at radius 1 is 0.923 bits per heavy atom. The van der Waals surface area contributed by atoms with E-state index in [1.807, 2.05) is 6.07 Å². The molecule has 8 heteroatoms. The number of nitrogens with one attached hydrogen (secondary N) is 1. The molecular formula is C31H36N4O4. The molecule has 2 aromatic carbocycles. The lowest BCUT2D eigenvalue weighted by Gasteiger charge is -2.41. The molecule has 0 saturated carbocycles. The summed E-state index contributed by atoms with van der Waals surface area (Å²) in [5.74, 6) is 0.825. The first kappa shape index (κ1) is 24.6. The summed E-state index contributed by atoms with van der Waals surface area (Å²) in [6.07, 6.45) is 5.24. The Bertz CT molecular complexity index is 1300. The molecule has 1 spiro atoms. The van der Waals surface area contributed by atoms with Gasteiger partial charge in [0, 0.05) is 53.8 Å². The molecule has 5 aliphatic heterocycles. The van der Waals surface area contributed by atoms with Gasteiger partial charge in [0.15, 0.2) is 0 Å². The number of hydrogen-bond acceptors (Lipinski definition) is 6. The largest absolute Gasteiger partial charge is 0.492 e. The van der Waals surface area contributed by atoms with Crippen molar-refractivity contribution in [1.82, 2.24) is 15.1 Å². The van der Waals surface area contributed by atoms with Crippen molar-refractivity contribution in [2.24, 2.45) is 5.92 Å². The Hall–Kier alpha value is -3.39. The van der Waals surface area contributed by atoms with Gasteiger partial charge in [-0.2, -0.15) is 0 Å². The number of imide groups is 1. The Morgan fingerprint density at radius 3 is 2.44 bits per heavy atom. The van der Waals surface area contributed by atoms with E-state index in [1.54, 1.807) is 4.90 Å². The average Bonchev–Trinajstić information content (AvgIpc) is 3.49. The highest BCUT2D eigenvalue weighted by molar-refractivity contribution is 6.05. The van der Waals surface area contributed by atoms with Crippen LogP contribution in [0.3, 0.4) is 0 Å². The number of piperidine rings is 3. The van der Waals surface area contributed by atoms with Gasteiger partial charge in [-0.3, -0.25) is 19.7 Å². The molecule has 8 nitrogen and oxygen atoms in total. The average molecular weight is 529 g/mol. The van der Waals surface area contributed by atoms with Crippen molar-refractivity contribution in [3.8, 4) is 5.75 Å². The number of carbonyl (C=O) groups is 3. The van der Waals surface area contributed by atoms with Crippen LogP contribution in [-0.4, -0.2) is 72.9 Å². The van der Waals surface area contributed by atoms with Gasteiger partial charge in [-0.25, -0.2) is 0 Å². The number of rotatable bonds is 4. The van der Waals surface area contributed by atoms with Gasteiger partial charge in [-0.15, -0.1) is 0 Å². The smallest absolute Gasteiger partial charge is 0.255 e. The number of anilines is 1. The van der Waals surface area contributed by atoms with Crippen molar-refractivity contribution in [1.29, 1.82) is 0 Å². The number of carbonyl (C=O) groups excluding carboxylic acids is 3. The van der Waals surface area contributed by atoms with E-state index >= 15 is 0 Å². The number of likely N-dealkylation sites (tertiary alicyclic amines) is 1. The van der Waals surface area contributed by atoms with Crippen LogP contribution >= 0.6 is 0 Å². The molecule has 3 amide bonds. The van der Waals surface area contributed by atoms with Crippen molar-refractivity contribution >= 4 is 23.4 Å². The highest BCUT2D eigenvalue weighted by atomic mass is 16.5. The standard InChI is InChI=1S/C31H36N4O4/c36-27-9-8-26(29(37)32-27)35-19-24-23(30(35)38)6-7-25-28(24)39-20-31(25)12-16-33(17-13-31)18-21-10-14-34(15-11-21)22-4-2-1-3-5-22/h1-7,21,26H,8-20H2,(H,32,36,37). The summed E-state index contributed by atoms with van der Waals surface area (Å²) in [5.41, 5.74) is 4.11. The predicted octanol–water partition coefficient (Wildman–Crippen LogP) is 3.09. The minimum atomic E-state index is -0.601. The second kappa shape index (κ2) is 9.66. The van der Waals surface area contributed by atoms with E-state index in [9.17, 15) is 14.4 Å². The highest BCUT2D eigenvalue weighted by Crippen LogP contribution is 2.49. The van der Waals surface area contributed by atoms with E-state index in [1.165, 1.54) is 30.6 Å². The van der Waals surface area contributed by atoms with Gasteiger partial charge in [0.25, 0.3) is 5.91 Å². The maximum absolute atomic E-state index is 13.2. The minimum absolute atomic E-state index is 0.00262. The van der Waals surface area contributed by atoms with E-state index in [0.29, 0.717) is 25.1 Å². The number of nitrogens with zero attached hydrogens (tertiary/aromatic N) is 3. The van der Waals surface area contributed by atoms with Crippen LogP contribution in [-0.2, 0) is 21.5 Å².